The van der Waals surface area contributed by atoms with Gasteiger partial charge in [-0.1, -0.05) is 42.5 Å². The fourth-order valence-corrected chi connectivity index (χ4v) is 2.45. The number of rotatable bonds is 4. The van der Waals surface area contributed by atoms with Gasteiger partial charge in [0.15, 0.2) is 0 Å². The van der Waals surface area contributed by atoms with E-state index in [-0.39, 0.29) is 0 Å². The Hall–Kier alpha value is -2.06. The summed E-state index contributed by atoms with van der Waals surface area (Å²) in [7, 11) is 0. The zero-order valence-electron chi connectivity index (χ0n) is 10.9. The van der Waals surface area contributed by atoms with Gasteiger partial charge in [-0.2, -0.15) is 0 Å². The zero-order chi connectivity index (χ0) is 13.1. The predicted molar refractivity (Wildman–Crippen MR) is 80.0 cm³/mol. The Morgan fingerprint density at radius 3 is 2.53 bits per heavy atom. The minimum absolute atomic E-state index is 0.597. The van der Waals surface area contributed by atoms with Crippen LogP contribution in [0.1, 0.15) is 11.1 Å². The second kappa shape index (κ2) is 5.29. The lowest BCUT2D eigenvalue weighted by Crippen LogP contribution is -2.01. The van der Waals surface area contributed by atoms with Crippen LogP contribution in [0.5, 0.6) is 0 Å². The summed E-state index contributed by atoms with van der Waals surface area (Å²) < 4.78 is 2.31. The van der Waals surface area contributed by atoms with Crippen molar-refractivity contribution in [2.75, 3.05) is 0 Å². The minimum atomic E-state index is 0.597. The molecule has 0 saturated heterocycles. The number of aromatic nitrogens is 1. The van der Waals surface area contributed by atoms with Gasteiger partial charge in [-0.05, 0) is 35.1 Å². The van der Waals surface area contributed by atoms with E-state index in [0.29, 0.717) is 6.54 Å². The Morgan fingerprint density at radius 2 is 1.74 bits per heavy atom. The molecular weight excluding hydrogens is 232 g/mol. The number of fused-ring (bicyclic) bond motifs is 1. The van der Waals surface area contributed by atoms with Crippen LogP contribution in [0.25, 0.3) is 10.9 Å². The lowest BCUT2D eigenvalue weighted by atomic mass is 10.1. The van der Waals surface area contributed by atoms with E-state index in [4.69, 9.17) is 5.73 Å². The number of hydrogen-bond acceptors (Lipinski definition) is 1. The van der Waals surface area contributed by atoms with Gasteiger partial charge in [-0.15, -0.1) is 0 Å². The zero-order valence-corrected chi connectivity index (χ0v) is 10.9. The smallest absolute Gasteiger partial charge is 0.0483 e. The van der Waals surface area contributed by atoms with E-state index in [0.717, 1.165) is 13.0 Å². The quantitative estimate of drug-likeness (QED) is 0.756. The first-order chi connectivity index (χ1) is 9.36. The molecule has 0 fully saturated rings. The third-order valence-electron chi connectivity index (χ3n) is 3.56. The van der Waals surface area contributed by atoms with Gasteiger partial charge in [0, 0.05) is 24.8 Å². The number of nitrogens with two attached hydrogens (primary N) is 1. The van der Waals surface area contributed by atoms with Gasteiger partial charge in [0.05, 0.1) is 0 Å². The van der Waals surface area contributed by atoms with Crippen molar-refractivity contribution in [1.29, 1.82) is 0 Å². The van der Waals surface area contributed by atoms with Crippen LogP contribution in [-0.2, 0) is 19.5 Å². The number of nitrogens with zero attached hydrogens (tertiary/aromatic N) is 1. The molecule has 0 aliphatic heterocycles. The first-order valence-corrected chi connectivity index (χ1v) is 6.68. The Balaban J connectivity index is 1.84. The third kappa shape index (κ3) is 2.54. The van der Waals surface area contributed by atoms with E-state index in [9.17, 15) is 0 Å². The van der Waals surface area contributed by atoms with Crippen molar-refractivity contribution in [2.24, 2.45) is 5.73 Å². The van der Waals surface area contributed by atoms with Crippen LogP contribution in [0.15, 0.2) is 60.8 Å². The highest BCUT2D eigenvalue weighted by atomic mass is 14.9. The predicted octanol–water partition coefficient (Wildman–Crippen LogP) is 3.34. The molecule has 1 heterocycles. The molecule has 0 spiro atoms. The van der Waals surface area contributed by atoms with Crippen LogP contribution in [0.2, 0.25) is 0 Å². The topological polar surface area (TPSA) is 30.9 Å². The Bertz CT molecular complexity index is 668. The number of hydrogen-bond donors (Lipinski definition) is 1. The molecule has 3 rings (SSSR count). The number of benzene rings is 2. The van der Waals surface area contributed by atoms with Gasteiger partial charge in [0.1, 0.15) is 0 Å². The van der Waals surface area contributed by atoms with Gasteiger partial charge < -0.3 is 10.3 Å². The van der Waals surface area contributed by atoms with Crippen molar-refractivity contribution >= 4 is 10.9 Å². The fraction of sp³-hybridized carbons (Fsp3) is 0.176. The molecule has 0 saturated carbocycles. The third-order valence-corrected chi connectivity index (χ3v) is 3.56. The van der Waals surface area contributed by atoms with Crippen LogP contribution in [0.4, 0.5) is 0 Å². The van der Waals surface area contributed by atoms with Crippen molar-refractivity contribution < 1.29 is 0 Å². The summed E-state index contributed by atoms with van der Waals surface area (Å²) in [4.78, 5) is 0. The highest BCUT2D eigenvalue weighted by molar-refractivity contribution is 5.80. The van der Waals surface area contributed by atoms with Crippen molar-refractivity contribution in [3.05, 3.63) is 71.9 Å². The Morgan fingerprint density at radius 1 is 0.895 bits per heavy atom. The van der Waals surface area contributed by atoms with E-state index in [1.165, 1.54) is 22.0 Å². The Labute approximate surface area is 113 Å². The largest absolute Gasteiger partial charge is 0.347 e. The molecule has 0 aliphatic rings. The van der Waals surface area contributed by atoms with Gasteiger partial charge in [0.25, 0.3) is 0 Å². The summed E-state index contributed by atoms with van der Waals surface area (Å²) in [6, 6.07) is 19.2. The summed E-state index contributed by atoms with van der Waals surface area (Å²) in [5.74, 6) is 0. The summed E-state index contributed by atoms with van der Waals surface area (Å²) >= 11 is 0. The molecule has 0 aliphatic carbocycles. The molecule has 3 aromatic rings. The molecular formula is C17H18N2. The molecule has 0 unspecified atom stereocenters. The van der Waals surface area contributed by atoms with Crippen LogP contribution in [-0.4, -0.2) is 4.57 Å². The van der Waals surface area contributed by atoms with Crippen LogP contribution in [0, 0.1) is 0 Å². The van der Waals surface area contributed by atoms with Crippen LogP contribution < -0.4 is 5.73 Å². The van der Waals surface area contributed by atoms with Gasteiger partial charge in [-0.3, -0.25) is 0 Å². The lowest BCUT2D eigenvalue weighted by Gasteiger charge is -2.07. The lowest BCUT2D eigenvalue weighted by molar-refractivity contribution is 0.722. The number of aryl methyl sites for hydroxylation is 2. The van der Waals surface area contributed by atoms with Crippen molar-refractivity contribution in [3.8, 4) is 0 Å². The van der Waals surface area contributed by atoms with E-state index >= 15 is 0 Å². The van der Waals surface area contributed by atoms with Crippen LogP contribution >= 0.6 is 0 Å². The molecule has 0 amide bonds. The second-order valence-electron chi connectivity index (χ2n) is 4.84. The second-order valence-corrected chi connectivity index (χ2v) is 4.84. The summed E-state index contributed by atoms with van der Waals surface area (Å²) in [5, 5.41) is 1.28. The van der Waals surface area contributed by atoms with E-state index in [1.54, 1.807) is 0 Å². The van der Waals surface area contributed by atoms with Crippen molar-refractivity contribution in [2.45, 2.75) is 19.5 Å². The molecule has 2 N–H and O–H groups in total. The molecule has 2 aromatic carbocycles. The van der Waals surface area contributed by atoms with Crippen molar-refractivity contribution in [3.63, 3.8) is 0 Å². The molecule has 0 bridgehead atoms. The maximum absolute atomic E-state index is 5.72. The standard InChI is InChI=1S/C17H18N2/c18-13-15-6-7-16-9-11-19(17(16)12-15)10-8-14-4-2-1-3-5-14/h1-7,9,11-12H,8,10,13,18H2. The highest BCUT2D eigenvalue weighted by Gasteiger charge is 2.02. The minimum Gasteiger partial charge on any atom is -0.347 e. The Kier molecular flexibility index (Phi) is 3.34. The van der Waals surface area contributed by atoms with Gasteiger partial charge in [-0.25, -0.2) is 0 Å². The maximum atomic E-state index is 5.72. The fourth-order valence-electron chi connectivity index (χ4n) is 2.45. The molecule has 2 heteroatoms. The molecule has 2 nitrogen and oxygen atoms in total. The van der Waals surface area contributed by atoms with E-state index in [1.807, 2.05) is 0 Å². The molecule has 96 valence electrons. The average Bonchev–Trinajstić information content (AvgIpc) is 2.88. The van der Waals surface area contributed by atoms with Gasteiger partial charge in [0.2, 0.25) is 0 Å². The molecule has 19 heavy (non-hydrogen) atoms. The molecule has 1 aromatic heterocycles. The molecule has 0 atom stereocenters. The highest BCUT2D eigenvalue weighted by Crippen LogP contribution is 2.18. The van der Waals surface area contributed by atoms with E-state index < -0.39 is 0 Å². The summed E-state index contributed by atoms with van der Waals surface area (Å²) in [6.07, 6.45) is 3.21. The van der Waals surface area contributed by atoms with Gasteiger partial charge >= 0.3 is 0 Å². The maximum Gasteiger partial charge on any atom is 0.0483 e. The van der Waals surface area contributed by atoms with Crippen molar-refractivity contribution in [1.82, 2.24) is 4.57 Å². The first kappa shape index (κ1) is 12.0. The van der Waals surface area contributed by atoms with Crippen LogP contribution in [0.3, 0.4) is 0 Å². The monoisotopic (exact) mass is 250 g/mol. The molecule has 0 radical (unpaired) electrons. The normalized spacial score (nSPS) is 11.0. The summed E-state index contributed by atoms with van der Waals surface area (Å²) in [6.45, 7) is 1.60. The van der Waals surface area contributed by atoms with E-state index in [2.05, 4.69) is 65.4 Å². The average molecular weight is 250 g/mol. The summed E-state index contributed by atoms with van der Waals surface area (Å²) in [5.41, 5.74) is 9.55. The SMILES string of the molecule is NCc1ccc2ccn(CCc3ccccc3)c2c1. The first-order valence-electron chi connectivity index (χ1n) is 6.68.